The van der Waals surface area contributed by atoms with Gasteiger partial charge < -0.3 is 15.4 Å². The minimum absolute atomic E-state index is 0.171. The first-order valence-electron chi connectivity index (χ1n) is 5.19. The molecule has 0 radical (unpaired) electrons. The molecule has 0 fully saturated rings. The van der Waals surface area contributed by atoms with Crippen molar-refractivity contribution < 1.29 is 9.53 Å². The van der Waals surface area contributed by atoms with Gasteiger partial charge in [-0.15, -0.1) is 0 Å². The molecule has 1 aromatic heterocycles. The van der Waals surface area contributed by atoms with Crippen LogP contribution in [0.1, 0.15) is 0 Å². The van der Waals surface area contributed by atoms with Gasteiger partial charge >= 0.3 is 6.03 Å². The molecule has 88 valence electrons. The van der Waals surface area contributed by atoms with Gasteiger partial charge in [0, 0.05) is 18.7 Å². The number of aromatic nitrogens is 1. The molecule has 5 heteroatoms. The molecule has 0 spiro atoms. The summed E-state index contributed by atoms with van der Waals surface area (Å²) in [5, 5.41) is 6.26. The number of para-hydroxylation sites is 1. The third-order valence-electron chi connectivity index (χ3n) is 2.26. The van der Waals surface area contributed by atoms with Gasteiger partial charge in [-0.1, -0.05) is 18.2 Å². The summed E-state index contributed by atoms with van der Waals surface area (Å²) in [7, 11) is 1.51. The van der Waals surface area contributed by atoms with Gasteiger partial charge in [-0.05, 0) is 12.1 Å². The molecule has 1 aromatic carbocycles. The molecular weight excluding hydrogens is 218 g/mol. The average molecular weight is 231 g/mol. The molecule has 0 aliphatic carbocycles. The van der Waals surface area contributed by atoms with Gasteiger partial charge in [0.2, 0.25) is 0 Å². The summed E-state index contributed by atoms with van der Waals surface area (Å²) in [4.78, 5) is 15.7. The number of amides is 2. The summed E-state index contributed by atoms with van der Waals surface area (Å²) in [6.07, 6.45) is 1.70. The molecule has 0 aliphatic heterocycles. The number of methoxy groups -OCH3 is 1. The number of rotatable bonds is 3. The lowest BCUT2D eigenvalue weighted by atomic mass is 10.2. The maximum absolute atomic E-state index is 11.5. The Balaban J connectivity index is 2.21. The van der Waals surface area contributed by atoms with Crippen LogP contribution in [0.25, 0.3) is 10.9 Å². The molecule has 0 saturated carbocycles. The van der Waals surface area contributed by atoms with E-state index in [2.05, 4.69) is 15.6 Å². The monoisotopic (exact) mass is 231 g/mol. The number of carbonyl (C=O) groups excluding carboxylic acids is 1. The molecule has 2 rings (SSSR count). The summed E-state index contributed by atoms with van der Waals surface area (Å²) < 4.78 is 4.75. The van der Waals surface area contributed by atoms with Crippen LogP contribution in [0.2, 0.25) is 0 Å². The van der Waals surface area contributed by atoms with Crippen molar-refractivity contribution in [1.82, 2.24) is 10.3 Å². The van der Waals surface area contributed by atoms with E-state index in [9.17, 15) is 4.79 Å². The Bertz CT molecular complexity index is 523. The molecular formula is C12H13N3O2. The Morgan fingerprint density at radius 3 is 3.00 bits per heavy atom. The molecule has 0 aliphatic rings. The number of benzene rings is 1. The number of urea groups is 1. The van der Waals surface area contributed by atoms with Crippen LogP contribution in [0.15, 0.2) is 36.5 Å². The maximum Gasteiger partial charge on any atom is 0.321 e. The van der Waals surface area contributed by atoms with Crippen LogP contribution in [0.5, 0.6) is 0 Å². The number of carbonyl (C=O) groups is 1. The lowest BCUT2D eigenvalue weighted by molar-refractivity contribution is 0.177. The van der Waals surface area contributed by atoms with E-state index in [1.807, 2.05) is 30.3 Å². The van der Waals surface area contributed by atoms with Crippen LogP contribution in [-0.2, 0) is 4.74 Å². The molecule has 0 saturated heterocycles. The van der Waals surface area contributed by atoms with Crippen molar-refractivity contribution in [3.05, 3.63) is 36.5 Å². The van der Waals surface area contributed by atoms with Crippen molar-refractivity contribution in [3.8, 4) is 0 Å². The predicted octanol–water partition coefficient (Wildman–Crippen LogP) is 1.96. The highest BCUT2D eigenvalue weighted by Gasteiger charge is 2.04. The Labute approximate surface area is 98.8 Å². The maximum atomic E-state index is 11.5. The van der Waals surface area contributed by atoms with Crippen LogP contribution >= 0.6 is 0 Å². The second-order valence-electron chi connectivity index (χ2n) is 3.44. The third kappa shape index (κ3) is 2.70. The summed E-state index contributed by atoms with van der Waals surface area (Å²) in [6.45, 7) is 0.171. The summed E-state index contributed by atoms with van der Waals surface area (Å²) in [5.74, 6) is 0. The minimum Gasteiger partial charge on any atom is -0.364 e. The number of hydrogen-bond acceptors (Lipinski definition) is 3. The zero-order chi connectivity index (χ0) is 12.1. The second-order valence-corrected chi connectivity index (χ2v) is 3.44. The fourth-order valence-corrected chi connectivity index (χ4v) is 1.51. The number of hydrogen-bond donors (Lipinski definition) is 2. The van der Waals surface area contributed by atoms with Crippen molar-refractivity contribution in [2.75, 3.05) is 19.2 Å². The highest BCUT2D eigenvalue weighted by atomic mass is 16.5. The SMILES string of the molecule is COCNC(=O)Nc1cccc2cccnc12. The average Bonchev–Trinajstić information content (AvgIpc) is 2.37. The molecule has 5 nitrogen and oxygen atoms in total. The van der Waals surface area contributed by atoms with Gasteiger partial charge in [-0.2, -0.15) is 0 Å². The molecule has 0 unspecified atom stereocenters. The van der Waals surface area contributed by atoms with Gasteiger partial charge in [0.15, 0.2) is 0 Å². The smallest absolute Gasteiger partial charge is 0.321 e. The van der Waals surface area contributed by atoms with E-state index in [1.165, 1.54) is 7.11 Å². The molecule has 2 amide bonds. The van der Waals surface area contributed by atoms with E-state index in [0.717, 1.165) is 10.9 Å². The van der Waals surface area contributed by atoms with Crippen LogP contribution in [0, 0.1) is 0 Å². The van der Waals surface area contributed by atoms with E-state index >= 15 is 0 Å². The van der Waals surface area contributed by atoms with Crippen LogP contribution in [-0.4, -0.2) is 24.9 Å². The molecule has 0 bridgehead atoms. The van der Waals surface area contributed by atoms with Gasteiger partial charge in [0.25, 0.3) is 0 Å². The largest absolute Gasteiger partial charge is 0.364 e. The van der Waals surface area contributed by atoms with E-state index in [-0.39, 0.29) is 12.8 Å². The Morgan fingerprint density at radius 1 is 1.35 bits per heavy atom. The normalized spacial score (nSPS) is 10.2. The molecule has 2 aromatic rings. The van der Waals surface area contributed by atoms with Crippen LogP contribution in [0.4, 0.5) is 10.5 Å². The highest BCUT2D eigenvalue weighted by molar-refractivity contribution is 5.99. The van der Waals surface area contributed by atoms with Gasteiger partial charge in [0.05, 0.1) is 11.2 Å². The highest BCUT2D eigenvalue weighted by Crippen LogP contribution is 2.20. The molecule has 2 N–H and O–H groups in total. The number of pyridine rings is 1. The number of ether oxygens (including phenoxy) is 1. The Kier molecular flexibility index (Phi) is 3.52. The topological polar surface area (TPSA) is 63.2 Å². The first kappa shape index (κ1) is 11.3. The minimum atomic E-state index is -0.315. The Morgan fingerprint density at radius 2 is 2.18 bits per heavy atom. The van der Waals surface area contributed by atoms with Crippen molar-refractivity contribution in [3.63, 3.8) is 0 Å². The number of nitrogens with one attached hydrogen (secondary N) is 2. The predicted molar refractivity (Wildman–Crippen MR) is 65.8 cm³/mol. The quantitative estimate of drug-likeness (QED) is 0.794. The first-order valence-corrected chi connectivity index (χ1v) is 5.19. The number of fused-ring (bicyclic) bond motifs is 1. The van der Waals surface area contributed by atoms with E-state index in [1.54, 1.807) is 6.20 Å². The zero-order valence-corrected chi connectivity index (χ0v) is 9.43. The second kappa shape index (κ2) is 5.27. The van der Waals surface area contributed by atoms with Crippen molar-refractivity contribution in [1.29, 1.82) is 0 Å². The molecule has 1 heterocycles. The fourth-order valence-electron chi connectivity index (χ4n) is 1.51. The number of nitrogens with zero attached hydrogens (tertiary/aromatic N) is 1. The van der Waals surface area contributed by atoms with Crippen molar-refractivity contribution in [2.45, 2.75) is 0 Å². The molecule has 17 heavy (non-hydrogen) atoms. The lowest BCUT2D eigenvalue weighted by Gasteiger charge is -2.08. The van der Waals surface area contributed by atoms with Gasteiger partial charge in [-0.25, -0.2) is 4.79 Å². The van der Waals surface area contributed by atoms with E-state index < -0.39 is 0 Å². The van der Waals surface area contributed by atoms with Crippen molar-refractivity contribution >= 4 is 22.6 Å². The van der Waals surface area contributed by atoms with Gasteiger partial charge in [-0.3, -0.25) is 4.98 Å². The summed E-state index contributed by atoms with van der Waals surface area (Å²) in [6, 6.07) is 9.11. The third-order valence-corrected chi connectivity index (χ3v) is 2.26. The number of anilines is 1. The van der Waals surface area contributed by atoms with E-state index in [4.69, 9.17) is 4.74 Å². The standard InChI is InChI=1S/C12H13N3O2/c1-17-8-14-12(16)15-10-6-2-4-9-5-3-7-13-11(9)10/h2-7H,8H2,1H3,(H2,14,15,16). The van der Waals surface area contributed by atoms with E-state index in [0.29, 0.717) is 5.69 Å². The summed E-state index contributed by atoms with van der Waals surface area (Å²) in [5.41, 5.74) is 1.44. The zero-order valence-electron chi connectivity index (χ0n) is 9.43. The fraction of sp³-hybridized carbons (Fsp3) is 0.167. The van der Waals surface area contributed by atoms with Crippen LogP contribution < -0.4 is 10.6 Å². The Hall–Kier alpha value is -2.14. The van der Waals surface area contributed by atoms with Crippen molar-refractivity contribution in [2.24, 2.45) is 0 Å². The van der Waals surface area contributed by atoms with Gasteiger partial charge in [0.1, 0.15) is 6.73 Å². The van der Waals surface area contributed by atoms with Crippen LogP contribution in [0.3, 0.4) is 0 Å². The first-order chi connectivity index (χ1) is 8.31. The lowest BCUT2D eigenvalue weighted by Crippen LogP contribution is -2.30. The summed E-state index contributed by atoms with van der Waals surface area (Å²) >= 11 is 0. The molecule has 0 atom stereocenters.